The number of hydrogen-bond acceptors (Lipinski definition) is 6. The van der Waals surface area contributed by atoms with E-state index in [4.69, 9.17) is 4.74 Å². The summed E-state index contributed by atoms with van der Waals surface area (Å²) in [5.41, 5.74) is 5.75. The van der Waals surface area contributed by atoms with E-state index < -0.39 is 0 Å². The number of pyridine rings is 1. The minimum Gasteiger partial charge on any atom is -0.378 e. The summed E-state index contributed by atoms with van der Waals surface area (Å²) in [6.07, 6.45) is 7.93. The van der Waals surface area contributed by atoms with Crippen molar-refractivity contribution < 1.29 is 4.74 Å². The predicted molar refractivity (Wildman–Crippen MR) is 83.6 cm³/mol. The Morgan fingerprint density at radius 2 is 2.00 bits per heavy atom. The van der Waals surface area contributed by atoms with Gasteiger partial charge in [-0.2, -0.15) is 0 Å². The highest BCUT2D eigenvalue weighted by Crippen LogP contribution is 2.31. The second kappa shape index (κ2) is 5.55. The highest BCUT2D eigenvalue weighted by molar-refractivity contribution is 5.94. The Morgan fingerprint density at radius 3 is 2.77 bits per heavy atom. The molecule has 0 bridgehead atoms. The van der Waals surface area contributed by atoms with E-state index in [-0.39, 0.29) is 6.04 Å². The minimum atomic E-state index is 0.122. The van der Waals surface area contributed by atoms with Crippen LogP contribution >= 0.6 is 0 Å². The van der Waals surface area contributed by atoms with E-state index in [0.717, 1.165) is 43.7 Å². The van der Waals surface area contributed by atoms with Crippen LogP contribution in [0.1, 0.15) is 18.5 Å². The monoisotopic (exact) mass is 297 g/mol. The first-order valence-corrected chi connectivity index (χ1v) is 7.59. The van der Waals surface area contributed by atoms with E-state index >= 15 is 0 Å². The van der Waals surface area contributed by atoms with Gasteiger partial charge in [0.05, 0.1) is 19.3 Å². The summed E-state index contributed by atoms with van der Waals surface area (Å²) in [6, 6.07) is 4.18. The molecule has 6 heteroatoms. The minimum absolute atomic E-state index is 0.122. The fourth-order valence-electron chi connectivity index (χ4n) is 2.97. The van der Waals surface area contributed by atoms with E-state index in [2.05, 4.69) is 37.5 Å². The lowest BCUT2D eigenvalue weighted by molar-refractivity contribution is 0.0361. The van der Waals surface area contributed by atoms with Crippen LogP contribution in [0.15, 0.2) is 53.3 Å². The van der Waals surface area contributed by atoms with Crippen molar-refractivity contribution in [3.05, 3.63) is 53.9 Å². The Balaban J connectivity index is 1.62. The average Bonchev–Trinajstić information content (AvgIpc) is 2.99. The van der Waals surface area contributed by atoms with Gasteiger partial charge in [-0.25, -0.2) is 15.4 Å². The summed E-state index contributed by atoms with van der Waals surface area (Å²) in [7, 11) is 0. The first-order chi connectivity index (χ1) is 10.8. The lowest BCUT2D eigenvalue weighted by atomic mass is 10.1. The van der Waals surface area contributed by atoms with Gasteiger partial charge in [0, 0.05) is 37.3 Å². The summed E-state index contributed by atoms with van der Waals surface area (Å²) in [5.74, 6) is 2.11. The van der Waals surface area contributed by atoms with Crippen LogP contribution in [0.4, 0.5) is 0 Å². The maximum absolute atomic E-state index is 5.46. The third kappa shape index (κ3) is 2.40. The molecule has 0 aliphatic carbocycles. The van der Waals surface area contributed by atoms with Crippen LogP contribution in [0, 0.1) is 0 Å². The van der Waals surface area contributed by atoms with Crippen LogP contribution in [-0.2, 0) is 4.74 Å². The molecule has 3 aliphatic heterocycles. The Hall–Kier alpha value is -2.18. The Morgan fingerprint density at radius 1 is 1.23 bits per heavy atom. The summed E-state index contributed by atoms with van der Waals surface area (Å²) >= 11 is 0. The van der Waals surface area contributed by atoms with E-state index in [1.807, 2.05) is 31.5 Å². The number of hydrogen-bond donors (Lipinski definition) is 1. The van der Waals surface area contributed by atoms with Gasteiger partial charge in [-0.05, 0) is 30.7 Å². The highest BCUT2D eigenvalue weighted by atomic mass is 16.5. The molecule has 0 amide bonds. The second-order valence-electron chi connectivity index (χ2n) is 5.60. The maximum Gasteiger partial charge on any atom is 0.146 e. The van der Waals surface area contributed by atoms with Crippen LogP contribution in [-0.4, -0.2) is 46.9 Å². The van der Waals surface area contributed by atoms with Gasteiger partial charge in [0.25, 0.3) is 0 Å². The molecule has 0 spiro atoms. The molecule has 22 heavy (non-hydrogen) atoms. The fourth-order valence-corrected chi connectivity index (χ4v) is 2.97. The van der Waals surface area contributed by atoms with Crippen LogP contribution in [0.3, 0.4) is 0 Å². The molecule has 0 radical (unpaired) electrons. The first kappa shape index (κ1) is 13.5. The van der Waals surface area contributed by atoms with Crippen LogP contribution in [0.2, 0.25) is 0 Å². The van der Waals surface area contributed by atoms with Crippen molar-refractivity contribution in [1.82, 2.24) is 20.3 Å². The topological polar surface area (TPSA) is 53.0 Å². The zero-order valence-corrected chi connectivity index (χ0v) is 12.6. The SMILES string of the molecule is CC1=NC2=CC(c3ccncc3)NN2C(N2CCOCC2)=C1. The molecule has 1 aromatic heterocycles. The molecule has 6 nitrogen and oxygen atoms in total. The number of aromatic nitrogens is 1. The van der Waals surface area contributed by atoms with Crippen molar-refractivity contribution in [1.29, 1.82) is 0 Å². The summed E-state index contributed by atoms with van der Waals surface area (Å²) in [4.78, 5) is 11.1. The molecular formula is C16H19N5O. The number of fused-ring (bicyclic) bond motifs is 1. The molecule has 3 aliphatic rings. The van der Waals surface area contributed by atoms with Gasteiger partial charge in [0.1, 0.15) is 11.6 Å². The Kier molecular flexibility index (Phi) is 3.40. The van der Waals surface area contributed by atoms with Crippen LogP contribution < -0.4 is 5.43 Å². The number of aliphatic imine (C=N–C) groups is 1. The molecule has 4 rings (SSSR count). The maximum atomic E-state index is 5.46. The van der Waals surface area contributed by atoms with Gasteiger partial charge >= 0.3 is 0 Å². The molecule has 1 unspecified atom stereocenters. The zero-order valence-electron chi connectivity index (χ0n) is 12.6. The van der Waals surface area contributed by atoms with Crippen molar-refractivity contribution in [2.45, 2.75) is 13.0 Å². The second-order valence-corrected chi connectivity index (χ2v) is 5.60. The Labute approximate surface area is 129 Å². The number of allylic oxidation sites excluding steroid dienone is 1. The van der Waals surface area contributed by atoms with Crippen molar-refractivity contribution >= 4 is 5.71 Å². The fraction of sp³-hybridized carbons (Fsp3) is 0.375. The van der Waals surface area contributed by atoms with Gasteiger partial charge in [-0.1, -0.05) is 0 Å². The van der Waals surface area contributed by atoms with Gasteiger partial charge in [0.15, 0.2) is 0 Å². The summed E-state index contributed by atoms with van der Waals surface area (Å²) < 4.78 is 5.46. The Bertz CT molecular complexity index is 646. The molecule has 0 aromatic carbocycles. The van der Waals surface area contributed by atoms with Gasteiger partial charge in [-0.15, -0.1) is 0 Å². The molecule has 1 saturated heterocycles. The quantitative estimate of drug-likeness (QED) is 0.895. The number of ether oxygens (including phenoxy) is 1. The number of nitrogens with one attached hydrogen (secondary N) is 1. The molecule has 1 aromatic rings. The smallest absolute Gasteiger partial charge is 0.146 e. The van der Waals surface area contributed by atoms with Gasteiger partial charge in [-0.3, -0.25) is 4.98 Å². The third-order valence-electron chi connectivity index (χ3n) is 4.07. The largest absolute Gasteiger partial charge is 0.378 e. The number of morpholine rings is 1. The highest BCUT2D eigenvalue weighted by Gasteiger charge is 2.31. The lowest BCUT2D eigenvalue weighted by Gasteiger charge is -2.37. The molecule has 1 fully saturated rings. The van der Waals surface area contributed by atoms with Crippen molar-refractivity contribution in [3.8, 4) is 0 Å². The standard InChI is InChI=1S/C16H19N5O/c1-12-10-16(20-6-8-22-9-7-20)21-15(18-12)11-14(19-21)13-2-4-17-5-3-13/h2-5,10-11,14,19H,6-9H2,1H3. The zero-order chi connectivity index (χ0) is 14.9. The number of nitrogens with zero attached hydrogens (tertiary/aromatic N) is 4. The van der Waals surface area contributed by atoms with Crippen LogP contribution in [0.5, 0.6) is 0 Å². The normalized spacial score (nSPS) is 24.6. The van der Waals surface area contributed by atoms with Crippen molar-refractivity contribution in [2.24, 2.45) is 4.99 Å². The van der Waals surface area contributed by atoms with E-state index in [1.54, 1.807) is 0 Å². The predicted octanol–water partition coefficient (Wildman–Crippen LogP) is 1.43. The molecule has 114 valence electrons. The third-order valence-corrected chi connectivity index (χ3v) is 4.07. The lowest BCUT2D eigenvalue weighted by Crippen LogP contribution is -2.46. The number of hydrazine groups is 1. The first-order valence-electron chi connectivity index (χ1n) is 7.59. The summed E-state index contributed by atoms with van der Waals surface area (Å²) in [6.45, 7) is 5.40. The van der Waals surface area contributed by atoms with Gasteiger partial charge in [0.2, 0.25) is 0 Å². The molecule has 1 N–H and O–H groups in total. The molecule has 1 atom stereocenters. The van der Waals surface area contributed by atoms with E-state index in [1.165, 1.54) is 5.56 Å². The number of rotatable bonds is 2. The van der Waals surface area contributed by atoms with Crippen molar-refractivity contribution in [2.75, 3.05) is 26.3 Å². The van der Waals surface area contributed by atoms with Crippen molar-refractivity contribution in [3.63, 3.8) is 0 Å². The molecule has 4 heterocycles. The summed E-state index contributed by atoms with van der Waals surface area (Å²) in [5, 5.41) is 2.09. The molecular weight excluding hydrogens is 278 g/mol. The van der Waals surface area contributed by atoms with Crippen LogP contribution in [0.25, 0.3) is 0 Å². The van der Waals surface area contributed by atoms with E-state index in [0.29, 0.717) is 0 Å². The average molecular weight is 297 g/mol. The molecule has 0 saturated carbocycles. The van der Waals surface area contributed by atoms with Gasteiger partial charge < -0.3 is 9.64 Å². The van der Waals surface area contributed by atoms with E-state index in [9.17, 15) is 0 Å².